The molecule has 2 nitrogen and oxygen atoms in total. The van der Waals surface area contributed by atoms with Gasteiger partial charge in [0.1, 0.15) is 5.35 Å². The van der Waals surface area contributed by atoms with Crippen LogP contribution in [0, 0.1) is 12.8 Å². The number of aromatic nitrogens is 1. The van der Waals surface area contributed by atoms with Gasteiger partial charge in [-0.1, -0.05) is 26.5 Å². The van der Waals surface area contributed by atoms with Crippen LogP contribution in [-0.4, -0.2) is 4.98 Å². The monoisotopic (exact) mass is 191 g/mol. The average molecular weight is 191 g/mol. The normalized spacial score (nSPS) is 14.0. The molecule has 0 spiro atoms. The van der Waals surface area contributed by atoms with Crippen LogP contribution in [0.1, 0.15) is 26.2 Å². The maximum Gasteiger partial charge on any atom is 0.192 e. The van der Waals surface area contributed by atoms with Crippen molar-refractivity contribution < 1.29 is 4.42 Å². The maximum atomic E-state index is 5.47. The molecule has 14 heavy (non-hydrogen) atoms. The first kappa shape index (κ1) is 10.8. The summed E-state index contributed by atoms with van der Waals surface area (Å²) in [6, 6.07) is 0. The molecule has 0 aliphatic carbocycles. The summed E-state index contributed by atoms with van der Waals surface area (Å²) >= 11 is 0. The van der Waals surface area contributed by atoms with E-state index in [4.69, 9.17) is 4.42 Å². The van der Waals surface area contributed by atoms with Gasteiger partial charge in [-0.05, 0) is 24.5 Å². The fourth-order valence-electron chi connectivity index (χ4n) is 1.18. The molecule has 0 saturated carbocycles. The molecule has 1 heterocycles. The maximum absolute atomic E-state index is 5.47. The quantitative estimate of drug-likeness (QED) is 0.728. The summed E-state index contributed by atoms with van der Waals surface area (Å²) in [6.45, 7) is 9.86. The number of nitrogens with zero attached hydrogens (tertiary/aromatic N) is 1. The largest absolute Gasteiger partial charge is 0.441 e. The molecular formula is C12H17NO. The van der Waals surface area contributed by atoms with Gasteiger partial charge < -0.3 is 4.42 Å². The average Bonchev–Trinajstić information content (AvgIpc) is 2.44. The lowest BCUT2D eigenvalue weighted by Crippen LogP contribution is -2.21. The highest BCUT2D eigenvalue weighted by Crippen LogP contribution is 1.98. The SMILES string of the molecule is C=C/C=c1/nc(C)o/c1=C/CC(C)C. The predicted octanol–water partition coefficient (Wildman–Crippen LogP) is 1.78. The van der Waals surface area contributed by atoms with Gasteiger partial charge in [-0.25, -0.2) is 4.98 Å². The zero-order chi connectivity index (χ0) is 10.6. The van der Waals surface area contributed by atoms with Gasteiger partial charge in [-0.3, -0.25) is 0 Å². The standard InChI is InChI=1S/C12H17NO/c1-5-6-11-12(8-7-9(2)3)14-10(4)13-11/h5-6,8-9H,1,7H2,2-4H3/b11-6+,12-8+. The molecule has 0 aromatic carbocycles. The topological polar surface area (TPSA) is 26.0 Å². The van der Waals surface area contributed by atoms with E-state index in [9.17, 15) is 0 Å². The van der Waals surface area contributed by atoms with Crippen LogP contribution in [0.5, 0.6) is 0 Å². The van der Waals surface area contributed by atoms with E-state index in [-0.39, 0.29) is 0 Å². The van der Waals surface area contributed by atoms with Gasteiger partial charge in [-0.2, -0.15) is 0 Å². The summed E-state index contributed by atoms with van der Waals surface area (Å²) < 4.78 is 5.47. The lowest BCUT2D eigenvalue weighted by Gasteiger charge is -1.94. The second kappa shape index (κ2) is 4.80. The van der Waals surface area contributed by atoms with Gasteiger partial charge >= 0.3 is 0 Å². The Morgan fingerprint density at radius 3 is 2.79 bits per heavy atom. The van der Waals surface area contributed by atoms with Crippen molar-refractivity contribution in [3.63, 3.8) is 0 Å². The fourth-order valence-corrected chi connectivity index (χ4v) is 1.18. The molecule has 1 aromatic rings. The summed E-state index contributed by atoms with van der Waals surface area (Å²) in [7, 11) is 0. The number of hydrogen-bond donors (Lipinski definition) is 0. The van der Waals surface area contributed by atoms with E-state index in [1.165, 1.54) is 0 Å². The molecule has 0 saturated heterocycles. The van der Waals surface area contributed by atoms with Crippen LogP contribution in [0.15, 0.2) is 17.1 Å². The smallest absolute Gasteiger partial charge is 0.192 e. The van der Waals surface area contributed by atoms with Crippen molar-refractivity contribution in [3.8, 4) is 0 Å². The fraction of sp³-hybridized carbons (Fsp3) is 0.417. The van der Waals surface area contributed by atoms with Crippen molar-refractivity contribution in [1.29, 1.82) is 0 Å². The first-order valence-corrected chi connectivity index (χ1v) is 4.90. The number of oxazole rings is 1. The van der Waals surface area contributed by atoms with E-state index >= 15 is 0 Å². The molecule has 1 aromatic heterocycles. The number of hydrogen-bond acceptors (Lipinski definition) is 2. The van der Waals surface area contributed by atoms with E-state index in [0.29, 0.717) is 11.8 Å². The van der Waals surface area contributed by atoms with Crippen molar-refractivity contribution >= 4 is 12.2 Å². The molecule has 0 unspecified atom stereocenters. The Labute approximate surface area is 84.7 Å². The van der Waals surface area contributed by atoms with Crippen molar-refractivity contribution in [1.82, 2.24) is 4.98 Å². The van der Waals surface area contributed by atoms with Crippen LogP contribution >= 0.6 is 0 Å². The first-order chi connectivity index (χ1) is 6.63. The number of rotatable bonds is 3. The Morgan fingerprint density at radius 2 is 2.21 bits per heavy atom. The third-order valence-corrected chi connectivity index (χ3v) is 1.84. The van der Waals surface area contributed by atoms with Gasteiger partial charge in [0, 0.05) is 6.92 Å². The summed E-state index contributed by atoms with van der Waals surface area (Å²) in [5, 5.41) is 0.873. The molecule has 0 N–H and O–H groups in total. The van der Waals surface area contributed by atoms with Crippen LogP contribution in [0.25, 0.3) is 12.2 Å². The van der Waals surface area contributed by atoms with E-state index in [0.717, 1.165) is 17.2 Å². The zero-order valence-corrected chi connectivity index (χ0v) is 9.08. The van der Waals surface area contributed by atoms with E-state index in [1.54, 1.807) is 6.08 Å². The molecular weight excluding hydrogens is 174 g/mol. The van der Waals surface area contributed by atoms with Crippen LogP contribution in [0.4, 0.5) is 0 Å². The highest BCUT2D eigenvalue weighted by Gasteiger charge is 1.96. The van der Waals surface area contributed by atoms with E-state index in [1.807, 2.05) is 13.0 Å². The van der Waals surface area contributed by atoms with Gasteiger partial charge in [0.2, 0.25) is 0 Å². The van der Waals surface area contributed by atoms with Crippen LogP contribution in [0.2, 0.25) is 0 Å². The summed E-state index contributed by atoms with van der Waals surface area (Å²) in [5.41, 5.74) is 0.858. The summed E-state index contributed by atoms with van der Waals surface area (Å²) in [5.74, 6) is 1.34. The van der Waals surface area contributed by atoms with E-state index < -0.39 is 0 Å². The Hall–Kier alpha value is -1.31. The van der Waals surface area contributed by atoms with Gasteiger partial charge in [0.05, 0.1) is 0 Å². The molecule has 0 bridgehead atoms. The van der Waals surface area contributed by atoms with Crippen molar-refractivity contribution in [2.24, 2.45) is 5.92 Å². The lowest BCUT2D eigenvalue weighted by molar-refractivity contribution is 0.489. The summed E-state index contributed by atoms with van der Waals surface area (Å²) in [6.07, 6.45) is 6.68. The molecule has 0 radical (unpaired) electrons. The lowest BCUT2D eigenvalue weighted by atomic mass is 10.1. The minimum Gasteiger partial charge on any atom is -0.441 e. The molecule has 0 aliphatic heterocycles. The van der Waals surface area contributed by atoms with Crippen molar-refractivity contribution in [3.05, 3.63) is 29.3 Å². The molecule has 0 fully saturated rings. The molecule has 0 aliphatic rings. The van der Waals surface area contributed by atoms with Crippen LogP contribution in [-0.2, 0) is 0 Å². The Balaban J connectivity index is 3.13. The first-order valence-electron chi connectivity index (χ1n) is 4.90. The third-order valence-electron chi connectivity index (χ3n) is 1.84. The molecule has 0 atom stereocenters. The predicted molar refractivity (Wildman–Crippen MR) is 59.1 cm³/mol. The second-order valence-corrected chi connectivity index (χ2v) is 3.72. The Kier molecular flexibility index (Phi) is 3.69. The summed E-state index contributed by atoms with van der Waals surface area (Å²) in [4.78, 5) is 4.25. The Morgan fingerprint density at radius 1 is 1.50 bits per heavy atom. The highest BCUT2D eigenvalue weighted by molar-refractivity contribution is 5.33. The number of allylic oxidation sites excluding steroid dienone is 1. The zero-order valence-electron chi connectivity index (χ0n) is 9.08. The van der Waals surface area contributed by atoms with Crippen LogP contribution in [0.3, 0.4) is 0 Å². The second-order valence-electron chi connectivity index (χ2n) is 3.72. The van der Waals surface area contributed by atoms with E-state index in [2.05, 4.69) is 31.5 Å². The Bertz CT molecular complexity index is 412. The van der Waals surface area contributed by atoms with Crippen molar-refractivity contribution in [2.45, 2.75) is 27.2 Å². The highest BCUT2D eigenvalue weighted by atomic mass is 16.3. The van der Waals surface area contributed by atoms with Gasteiger partial charge in [-0.15, -0.1) is 0 Å². The molecule has 2 heteroatoms. The molecule has 76 valence electrons. The molecule has 0 amide bonds. The number of aryl methyl sites for hydroxylation is 1. The minimum atomic E-state index is 0.636. The minimum absolute atomic E-state index is 0.636. The van der Waals surface area contributed by atoms with Crippen LogP contribution < -0.4 is 10.8 Å². The van der Waals surface area contributed by atoms with Gasteiger partial charge in [0.25, 0.3) is 0 Å². The van der Waals surface area contributed by atoms with Gasteiger partial charge in [0.15, 0.2) is 11.3 Å². The molecule has 1 rings (SSSR count). The van der Waals surface area contributed by atoms with Crippen molar-refractivity contribution in [2.75, 3.05) is 0 Å². The third kappa shape index (κ3) is 2.87.